The number of likely N-dealkylation sites (tertiary alicyclic amines) is 1. The second-order valence-electron chi connectivity index (χ2n) is 4.16. The first-order valence-electron chi connectivity index (χ1n) is 5.56. The van der Waals surface area contributed by atoms with E-state index < -0.39 is 0 Å². The van der Waals surface area contributed by atoms with Gasteiger partial charge in [0.1, 0.15) is 0 Å². The van der Waals surface area contributed by atoms with Gasteiger partial charge in [-0.25, -0.2) is 0 Å². The number of piperidine rings is 1. The van der Waals surface area contributed by atoms with Gasteiger partial charge in [-0.2, -0.15) is 0 Å². The fourth-order valence-electron chi connectivity index (χ4n) is 2.05. The minimum absolute atomic E-state index is 0.0721. The number of nitrogens with zero attached hydrogens (tertiary/aromatic N) is 2. The van der Waals surface area contributed by atoms with Gasteiger partial charge in [-0.05, 0) is 30.9 Å². The Labute approximate surface area is 100 Å². The minimum atomic E-state index is 0.0721. The van der Waals surface area contributed by atoms with E-state index in [1.165, 1.54) is 0 Å². The van der Waals surface area contributed by atoms with E-state index >= 15 is 0 Å². The highest BCUT2D eigenvalue weighted by atomic mass is 35.5. The Kier molecular flexibility index (Phi) is 3.78. The van der Waals surface area contributed by atoms with Crippen LogP contribution in [-0.4, -0.2) is 34.8 Å². The highest BCUT2D eigenvalue weighted by molar-refractivity contribution is 6.18. The molecule has 2 rings (SSSR count). The lowest BCUT2D eigenvalue weighted by Gasteiger charge is -2.31. The Hall–Kier alpha value is -1.09. The first-order chi connectivity index (χ1) is 7.81. The number of alkyl halides is 1. The molecule has 3 nitrogen and oxygen atoms in total. The maximum Gasteiger partial charge on any atom is 0.255 e. The predicted molar refractivity (Wildman–Crippen MR) is 63.6 cm³/mol. The zero-order valence-corrected chi connectivity index (χ0v) is 9.86. The average Bonchev–Trinajstić information content (AvgIpc) is 2.39. The Morgan fingerprint density at radius 2 is 2.50 bits per heavy atom. The van der Waals surface area contributed by atoms with Crippen molar-refractivity contribution in [2.24, 2.45) is 5.92 Å². The number of carbonyl (C=O) groups excluding carboxylic acids is 1. The summed E-state index contributed by atoms with van der Waals surface area (Å²) in [6.45, 7) is 1.61. The van der Waals surface area contributed by atoms with Crippen LogP contribution in [-0.2, 0) is 0 Å². The minimum Gasteiger partial charge on any atom is -0.338 e. The Morgan fingerprint density at radius 1 is 1.62 bits per heavy atom. The molecule has 0 saturated carbocycles. The molecule has 86 valence electrons. The van der Waals surface area contributed by atoms with Crippen molar-refractivity contribution in [3.63, 3.8) is 0 Å². The van der Waals surface area contributed by atoms with Gasteiger partial charge in [0, 0.05) is 31.4 Å². The molecule has 0 aromatic carbocycles. The number of aromatic nitrogens is 1. The van der Waals surface area contributed by atoms with Crippen LogP contribution in [0.3, 0.4) is 0 Å². The van der Waals surface area contributed by atoms with Crippen LogP contribution in [0, 0.1) is 5.92 Å². The van der Waals surface area contributed by atoms with Crippen molar-refractivity contribution in [3.05, 3.63) is 30.1 Å². The number of rotatable bonds is 2. The first kappa shape index (κ1) is 11.4. The smallest absolute Gasteiger partial charge is 0.255 e. The number of hydrogen-bond donors (Lipinski definition) is 0. The van der Waals surface area contributed by atoms with E-state index in [1.807, 2.05) is 4.90 Å². The van der Waals surface area contributed by atoms with Crippen LogP contribution in [0.25, 0.3) is 0 Å². The molecular weight excluding hydrogens is 224 g/mol. The van der Waals surface area contributed by atoms with Gasteiger partial charge in [-0.3, -0.25) is 9.78 Å². The molecule has 0 spiro atoms. The van der Waals surface area contributed by atoms with Gasteiger partial charge in [-0.1, -0.05) is 0 Å². The fourth-order valence-corrected chi connectivity index (χ4v) is 2.30. The lowest BCUT2D eigenvalue weighted by atomic mass is 9.99. The summed E-state index contributed by atoms with van der Waals surface area (Å²) in [5.74, 6) is 1.15. The third-order valence-corrected chi connectivity index (χ3v) is 3.37. The third kappa shape index (κ3) is 2.53. The molecule has 1 saturated heterocycles. The van der Waals surface area contributed by atoms with Crippen molar-refractivity contribution in [3.8, 4) is 0 Å². The van der Waals surface area contributed by atoms with Crippen LogP contribution in [0.4, 0.5) is 0 Å². The van der Waals surface area contributed by atoms with Crippen LogP contribution in [0.15, 0.2) is 24.5 Å². The lowest BCUT2D eigenvalue weighted by molar-refractivity contribution is 0.0684. The van der Waals surface area contributed by atoms with Crippen molar-refractivity contribution in [2.45, 2.75) is 12.8 Å². The summed E-state index contributed by atoms with van der Waals surface area (Å²) in [4.78, 5) is 18.0. The lowest BCUT2D eigenvalue weighted by Crippen LogP contribution is -2.40. The number of pyridine rings is 1. The van der Waals surface area contributed by atoms with Gasteiger partial charge in [0.2, 0.25) is 0 Å². The van der Waals surface area contributed by atoms with Crippen LogP contribution in [0.1, 0.15) is 23.2 Å². The molecule has 1 fully saturated rings. The van der Waals surface area contributed by atoms with E-state index in [2.05, 4.69) is 4.98 Å². The topological polar surface area (TPSA) is 33.2 Å². The maximum atomic E-state index is 12.1. The van der Waals surface area contributed by atoms with Crippen LogP contribution < -0.4 is 0 Å². The summed E-state index contributed by atoms with van der Waals surface area (Å²) in [7, 11) is 0. The number of halogens is 1. The van der Waals surface area contributed by atoms with Crippen molar-refractivity contribution < 1.29 is 4.79 Å². The largest absolute Gasteiger partial charge is 0.338 e. The summed E-state index contributed by atoms with van der Waals surface area (Å²) < 4.78 is 0. The van der Waals surface area contributed by atoms with E-state index in [9.17, 15) is 4.79 Å². The number of amides is 1. The van der Waals surface area contributed by atoms with Crippen molar-refractivity contribution in [1.82, 2.24) is 9.88 Å². The van der Waals surface area contributed by atoms with Gasteiger partial charge in [0.15, 0.2) is 0 Å². The molecule has 1 amide bonds. The summed E-state index contributed by atoms with van der Waals surface area (Å²) in [6, 6.07) is 3.59. The molecule has 1 aromatic heterocycles. The molecule has 0 aliphatic carbocycles. The quantitative estimate of drug-likeness (QED) is 0.740. The number of hydrogen-bond acceptors (Lipinski definition) is 2. The molecule has 1 aliphatic heterocycles. The van der Waals surface area contributed by atoms with E-state index in [4.69, 9.17) is 11.6 Å². The van der Waals surface area contributed by atoms with Crippen molar-refractivity contribution in [2.75, 3.05) is 19.0 Å². The second kappa shape index (κ2) is 5.30. The highest BCUT2D eigenvalue weighted by Gasteiger charge is 2.23. The van der Waals surface area contributed by atoms with Crippen LogP contribution in [0.2, 0.25) is 0 Å². The van der Waals surface area contributed by atoms with E-state index in [0.717, 1.165) is 25.9 Å². The summed E-state index contributed by atoms with van der Waals surface area (Å²) in [5.41, 5.74) is 0.665. The molecule has 1 aromatic rings. The molecular formula is C12H15ClN2O. The monoisotopic (exact) mass is 238 g/mol. The summed E-state index contributed by atoms with van der Waals surface area (Å²) in [6.07, 6.45) is 5.46. The predicted octanol–water partition coefficient (Wildman–Crippen LogP) is 2.17. The third-order valence-electron chi connectivity index (χ3n) is 2.93. The Bertz CT molecular complexity index is 355. The van der Waals surface area contributed by atoms with Gasteiger partial charge in [0.05, 0.1) is 5.56 Å². The molecule has 0 radical (unpaired) electrons. The maximum absolute atomic E-state index is 12.1. The van der Waals surface area contributed by atoms with Gasteiger partial charge >= 0.3 is 0 Å². The normalized spacial score (nSPS) is 20.8. The standard InChI is InChI=1S/C12H15ClN2O/c13-7-10-3-2-6-15(9-10)12(16)11-4-1-5-14-8-11/h1,4-5,8,10H,2-3,6-7,9H2. The molecule has 16 heavy (non-hydrogen) atoms. The Balaban J connectivity index is 2.05. The van der Waals surface area contributed by atoms with E-state index in [1.54, 1.807) is 24.5 Å². The molecule has 1 unspecified atom stereocenters. The summed E-state index contributed by atoms with van der Waals surface area (Å²) >= 11 is 5.85. The molecule has 1 atom stereocenters. The Morgan fingerprint density at radius 3 is 3.19 bits per heavy atom. The zero-order chi connectivity index (χ0) is 11.4. The van der Waals surface area contributed by atoms with Crippen molar-refractivity contribution >= 4 is 17.5 Å². The van der Waals surface area contributed by atoms with Crippen LogP contribution >= 0.6 is 11.6 Å². The molecule has 0 bridgehead atoms. The average molecular weight is 239 g/mol. The van der Waals surface area contributed by atoms with E-state index in [0.29, 0.717) is 17.4 Å². The second-order valence-corrected chi connectivity index (χ2v) is 4.46. The highest BCUT2D eigenvalue weighted by Crippen LogP contribution is 2.19. The molecule has 2 heterocycles. The zero-order valence-electron chi connectivity index (χ0n) is 9.10. The van der Waals surface area contributed by atoms with Crippen molar-refractivity contribution in [1.29, 1.82) is 0 Å². The molecule has 4 heteroatoms. The molecule has 1 aliphatic rings. The first-order valence-corrected chi connectivity index (χ1v) is 6.10. The van der Waals surface area contributed by atoms with Gasteiger partial charge < -0.3 is 4.90 Å². The fraction of sp³-hybridized carbons (Fsp3) is 0.500. The van der Waals surface area contributed by atoms with Gasteiger partial charge in [0.25, 0.3) is 5.91 Å². The van der Waals surface area contributed by atoms with E-state index in [-0.39, 0.29) is 5.91 Å². The molecule has 0 N–H and O–H groups in total. The SMILES string of the molecule is O=C(c1cccnc1)N1CCCC(CCl)C1. The van der Waals surface area contributed by atoms with Crippen LogP contribution in [0.5, 0.6) is 0 Å². The summed E-state index contributed by atoms with van der Waals surface area (Å²) in [5, 5.41) is 0. The van der Waals surface area contributed by atoms with Gasteiger partial charge in [-0.15, -0.1) is 11.6 Å². The number of carbonyl (C=O) groups is 1.